The van der Waals surface area contributed by atoms with Gasteiger partial charge in [0.25, 0.3) is 0 Å². The van der Waals surface area contributed by atoms with Gasteiger partial charge in [0.2, 0.25) is 0 Å². The second-order valence-corrected chi connectivity index (χ2v) is 5.15. The van der Waals surface area contributed by atoms with Gasteiger partial charge in [-0.25, -0.2) is 4.98 Å². The summed E-state index contributed by atoms with van der Waals surface area (Å²) >= 11 is 5.96. The van der Waals surface area contributed by atoms with Gasteiger partial charge < -0.3 is 9.67 Å². The Bertz CT molecular complexity index is 727. The van der Waals surface area contributed by atoms with Gasteiger partial charge in [0.15, 0.2) is 0 Å². The molecule has 2 heterocycles. The summed E-state index contributed by atoms with van der Waals surface area (Å²) in [4.78, 5) is 8.35. The van der Waals surface area contributed by atoms with Crippen molar-refractivity contribution in [1.29, 1.82) is 0 Å². The van der Waals surface area contributed by atoms with E-state index in [1.165, 1.54) is 0 Å². The summed E-state index contributed by atoms with van der Waals surface area (Å²) in [7, 11) is 0. The van der Waals surface area contributed by atoms with E-state index in [4.69, 9.17) is 11.6 Å². The summed E-state index contributed by atoms with van der Waals surface area (Å²) in [6.07, 6.45) is 6.38. The molecule has 0 fully saturated rings. The second-order valence-electron chi connectivity index (χ2n) is 4.71. The van der Waals surface area contributed by atoms with Crippen LogP contribution in [0, 0.1) is 0 Å². The van der Waals surface area contributed by atoms with Gasteiger partial charge in [-0.1, -0.05) is 23.7 Å². The van der Waals surface area contributed by atoms with E-state index in [0.29, 0.717) is 11.6 Å². The molecule has 0 spiro atoms. The molecule has 5 heteroatoms. The lowest BCUT2D eigenvalue weighted by atomic mass is 10.1. The molecule has 21 heavy (non-hydrogen) atoms. The number of nitrogens with zero attached hydrogens (tertiary/aromatic N) is 3. The van der Waals surface area contributed by atoms with Crippen LogP contribution in [0.3, 0.4) is 0 Å². The van der Waals surface area contributed by atoms with E-state index in [0.717, 1.165) is 17.0 Å². The number of hydrogen-bond acceptors (Lipinski definition) is 3. The molecular weight excluding hydrogens is 286 g/mol. The van der Waals surface area contributed by atoms with Crippen LogP contribution in [-0.4, -0.2) is 19.6 Å². The summed E-state index contributed by atoms with van der Waals surface area (Å²) in [6, 6.07) is 11.0. The Morgan fingerprint density at radius 1 is 1.14 bits per heavy atom. The SMILES string of the molecule is OC(Cn1ccnc1-c1ccncc1)c1cccc(Cl)c1. The van der Waals surface area contributed by atoms with Crippen molar-refractivity contribution in [2.45, 2.75) is 12.6 Å². The predicted molar refractivity (Wildman–Crippen MR) is 81.9 cm³/mol. The molecule has 1 aromatic carbocycles. The minimum absolute atomic E-state index is 0.415. The molecule has 0 aliphatic heterocycles. The van der Waals surface area contributed by atoms with Crippen LogP contribution in [0.15, 0.2) is 61.2 Å². The first kappa shape index (κ1) is 13.8. The summed E-state index contributed by atoms with van der Waals surface area (Å²) in [5.41, 5.74) is 1.75. The van der Waals surface area contributed by atoms with E-state index >= 15 is 0 Å². The Morgan fingerprint density at radius 3 is 2.71 bits per heavy atom. The minimum atomic E-state index is -0.640. The van der Waals surface area contributed by atoms with E-state index in [9.17, 15) is 5.11 Å². The third-order valence-corrected chi connectivity index (χ3v) is 3.49. The molecule has 1 unspecified atom stereocenters. The molecule has 1 atom stereocenters. The number of hydrogen-bond donors (Lipinski definition) is 1. The van der Waals surface area contributed by atoms with Crippen molar-refractivity contribution >= 4 is 11.6 Å². The molecule has 4 nitrogen and oxygen atoms in total. The van der Waals surface area contributed by atoms with Crippen LogP contribution in [-0.2, 0) is 6.54 Å². The van der Waals surface area contributed by atoms with Gasteiger partial charge >= 0.3 is 0 Å². The van der Waals surface area contributed by atoms with Gasteiger partial charge in [0.05, 0.1) is 12.6 Å². The number of aliphatic hydroxyl groups excluding tert-OH is 1. The standard InChI is InChI=1S/C16H14ClN3O/c17-14-3-1-2-13(10-14)15(21)11-20-9-8-19-16(20)12-4-6-18-7-5-12/h1-10,15,21H,11H2. The topological polar surface area (TPSA) is 50.9 Å². The maximum atomic E-state index is 10.4. The Morgan fingerprint density at radius 2 is 1.95 bits per heavy atom. The van der Waals surface area contributed by atoms with Crippen LogP contribution in [0.1, 0.15) is 11.7 Å². The molecular formula is C16H14ClN3O. The molecule has 2 aromatic heterocycles. The maximum Gasteiger partial charge on any atom is 0.140 e. The highest BCUT2D eigenvalue weighted by atomic mass is 35.5. The zero-order chi connectivity index (χ0) is 14.7. The highest BCUT2D eigenvalue weighted by molar-refractivity contribution is 6.30. The number of rotatable bonds is 4. The average molecular weight is 300 g/mol. The fraction of sp³-hybridized carbons (Fsp3) is 0.125. The number of pyridine rings is 1. The van der Waals surface area contributed by atoms with Gasteiger partial charge in [-0.05, 0) is 29.8 Å². The number of imidazole rings is 1. The highest BCUT2D eigenvalue weighted by Crippen LogP contribution is 2.22. The molecule has 3 rings (SSSR count). The molecule has 1 N–H and O–H groups in total. The first-order valence-electron chi connectivity index (χ1n) is 6.59. The lowest BCUT2D eigenvalue weighted by Crippen LogP contribution is -2.09. The molecule has 0 saturated heterocycles. The van der Waals surface area contributed by atoms with Crippen molar-refractivity contribution in [2.24, 2.45) is 0 Å². The monoisotopic (exact) mass is 299 g/mol. The normalized spacial score (nSPS) is 12.3. The van der Waals surface area contributed by atoms with Crippen molar-refractivity contribution in [3.63, 3.8) is 0 Å². The lowest BCUT2D eigenvalue weighted by Gasteiger charge is -2.14. The minimum Gasteiger partial charge on any atom is -0.387 e. The molecule has 106 valence electrons. The van der Waals surface area contributed by atoms with Crippen LogP contribution in [0.5, 0.6) is 0 Å². The first-order valence-corrected chi connectivity index (χ1v) is 6.97. The number of benzene rings is 1. The molecule has 0 aliphatic carbocycles. The van der Waals surface area contributed by atoms with Crippen molar-refractivity contribution < 1.29 is 5.11 Å². The molecule has 0 saturated carbocycles. The Kier molecular flexibility index (Phi) is 3.99. The average Bonchev–Trinajstić information content (AvgIpc) is 2.96. The first-order chi connectivity index (χ1) is 10.2. The van der Waals surface area contributed by atoms with Gasteiger partial charge in [-0.2, -0.15) is 0 Å². The third-order valence-electron chi connectivity index (χ3n) is 3.26. The van der Waals surface area contributed by atoms with Crippen molar-refractivity contribution in [2.75, 3.05) is 0 Å². The third kappa shape index (κ3) is 3.12. The van der Waals surface area contributed by atoms with Crippen LogP contribution < -0.4 is 0 Å². The van der Waals surface area contributed by atoms with E-state index in [2.05, 4.69) is 9.97 Å². The van der Waals surface area contributed by atoms with Gasteiger partial charge in [-0.3, -0.25) is 4.98 Å². The lowest BCUT2D eigenvalue weighted by molar-refractivity contribution is 0.157. The molecule has 0 bridgehead atoms. The van der Waals surface area contributed by atoms with Crippen molar-refractivity contribution in [3.05, 3.63) is 71.8 Å². The summed E-state index contributed by atoms with van der Waals surface area (Å²) in [6.45, 7) is 0.415. The Balaban J connectivity index is 1.85. The summed E-state index contributed by atoms with van der Waals surface area (Å²) in [5, 5.41) is 11.0. The second kappa shape index (κ2) is 6.08. The fourth-order valence-electron chi connectivity index (χ4n) is 2.22. The summed E-state index contributed by atoms with van der Waals surface area (Å²) in [5.74, 6) is 0.804. The smallest absolute Gasteiger partial charge is 0.140 e. The van der Waals surface area contributed by atoms with Gasteiger partial charge in [0.1, 0.15) is 5.82 Å². The van der Waals surface area contributed by atoms with Crippen LogP contribution in [0.25, 0.3) is 11.4 Å². The van der Waals surface area contributed by atoms with Crippen molar-refractivity contribution in [3.8, 4) is 11.4 Å². The number of aromatic nitrogens is 3. The molecule has 0 radical (unpaired) electrons. The number of halogens is 1. The van der Waals surface area contributed by atoms with Gasteiger partial charge in [-0.15, -0.1) is 0 Å². The molecule has 0 amide bonds. The zero-order valence-electron chi connectivity index (χ0n) is 11.2. The van der Waals surface area contributed by atoms with E-state index < -0.39 is 6.10 Å². The van der Waals surface area contributed by atoms with Crippen LogP contribution >= 0.6 is 11.6 Å². The predicted octanol–water partition coefficient (Wildman–Crippen LogP) is 3.33. The van der Waals surface area contributed by atoms with Gasteiger partial charge in [0, 0.05) is 35.4 Å². The quantitative estimate of drug-likeness (QED) is 0.804. The van der Waals surface area contributed by atoms with Crippen LogP contribution in [0.2, 0.25) is 5.02 Å². The fourth-order valence-corrected chi connectivity index (χ4v) is 2.42. The Hall–Kier alpha value is -2.17. The largest absolute Gasteiger partial charge is 0.387 e. The van der Waals surface area contributed by atoms with Crippen molar-refractivity contribution in [1.82, 2.24) is 14.5 Å². The maximum absolute atomic E-state index is 10.4. The Labute approximate surface area is 127 Å². The van der Waals surface area contributed by atoms with Crippen LogP contribution in [0.4, 0.5) is 0 Å². The zero-order valence-corrected chi connectivity index (χ0v) is 12.0. The summed E-state index contributed by atoms with van der Waals surface area (Å²) < 4.78 is 1.92. The number of aliphatic hydroxyl groups is 1. The molecule has 3 aromatic rings. The van der Waals surface area contributed by atoms with E-state index in [1.807, 2.05) is 35.0 Å². The van der Waals surface area contributed by atoms with E-state index in [-0.39, 0.29) is 0 Å². The molecule has 0 aliphatic rings. The highest BCUT2D eigenvalue weighted by Gasteiger charge is 2.12. The van der Waals surface area contributed by atoms with E-state index in [1.54, 1.807) is 30.7 Å².